The van der Waals surface area contributed by atoms with E-state index in [-0.39, 0.29) is 11.7 Å². The zero-order chi connectivity index (χ0) is 13.8. The molecule has 0 aliphatic rings. The number of methoxy groups -OCH3 is 1. The van der Waals surface area contributed by atoms with Crippen molar-refractivity contribution >= 4 is 11.5 Å². The van der Waals surface area contributed by atoms with Crippen molar-refractivity contribution in [2.24, 2.45) is 0 Å². The average Bonchev–Trinajstić information content (AvgIpc) is 2.28. The van der Waals surface area contributed by atoms with Gasteiger partial charge in [-0.05, 0) is 39.8 Å². The molecule has 1 rings (SSSR count). The summed E-state index contributed by atoms with van der Waals surface area (Å²) in [5.41, 5.74) is 6.06. The molecule has 0 saturated heterocycles. The first-order valence-corrected chi connectivity index (χ1v) is 6.04. The predicted molar refractivity (Wildman–Crippen MR) is 74.0 cm³/mol. The van der Waals surface area contributed by atoms with E-state index < -0.39 is 0 Å². The van der Waals surface area contributed by atoms with Crippen molar-refractivity contribution in [3.05, 3.63) is 12.1 Å². The molecule has 0 aliphatic carbocycles. The van der Waals surface area contributed by atoms with Crippen LogP contribution in [0.2, 0.25) is 0 Å². The third-order valence-electron chi connectivity index (χ3n) is 2.27. The molecule has 18 heavy (non-hydrogen) atoms. The Morgan fingerprint density at radius 3 is 2.61 bits per heavy atom. The smallest absolute Gasteiger partial charge is 0.239 e. The van der Waals surface area contributed by atoms with Gasteiger partial charge < -0.3 is 20.5 Å². The molecule has 5 nitrogen and oxygen atoms in total. The van der Waals surface area contributed by atoms with E-state index in [0.29, 0.717) is 18.1 Å². The molecule has 0 bridgehead atoms. The fourth-order valence-corrected chi connectivity index (χ4v) is 1.25. The van der Waals surface area contributed by atoms with E-state index >= 15 is 0 Å². The minimum Gasteiger partial charge on any atom is -0.470 e. The highest BCUT2D eigenvalue weighted by molar-refractivity contribution is 5.53. The Kier molecular flexibility index (Phi) is 4.78. The molecule has 1 aromatic rings. The summed E-state index contributed by atoms with van der Waals surface area (Å²) in [5.74, 6) is 1.19. The van der Waals surface area contributed by atoms with Crippen molar-refractivity contribution in [1.29, 1.82) is 0 Å². The number of nitrogen functional groups attached to an aromatic ring is 1. The van der Waals surface area contributed by atoms with Crippen molar-refractivity contribution in [1.82, 2.24) is 4.98 Å². The third-order valence-corrected chi connectivity index (χ3v) is 2.27. The Bertz CT molecular complexity index is 388. The fraction of sp³-hybridized carbons (Fsp3) is 0.615. The molecule has 0 saturated carbocycles. The lowest BCUT2D eigenvalue weighted by Crippen LogP contribution is -2.24. The Balaban J connectivity index is 2.74. The Labute approximate surface area is 109 Å². The summed E-state index contributed by atoms with van der Waals surface area (Å²) in [5, 5.41) is 3.18. The molecule has 0 spiro atoms. The second kappa shape index (κ2) is 5.91. The maximum Gasteiger partial charge on any atom is 0.239 e. The summed E-state index contributed by atoms with van der Waals surface area (Å²) in [4.78, 5) is 4.35. The number of pyridine rings is 1. The molecule has 0 aliphatic heterocycles. The van der Waals surface area contributed by atoms with Crippen LogP contribution < -0.4 is 15.8 Å². The summed E-state index contributed by atoms with van der Waals surface area (Å²) in [6.45, 7) is 8.54. The summed E-state index contributed by atoms with van der Waals surface area (Å²) >= 11 is 0. The van der Waals surface area contributed by atoms with Gasteiger partial charge in [-0.2, -0.15) is 4.98 Å². The van der Waals surface area contributed by atoms with Crippen LogP contribution in [0.5, 0.6) is 5.88 Å². The van der Waals surface area contributed by atoms with Crippen LogP contribution in [0.3, 0.4) is 0 Å². The van der Waals surface area contributed by atoms with Gasteiger partial charge in [0.25, 0.3) is 0 Å². The number of nitrogens with two attached hydrogens (primary N) is 1. The van der Waals surface area contributed by atoms with Crippen LogP contribution in [-0.4, -0.2) is 30.3 Å². The largest absolute Gasteiger partial charge is 0.470 e. The summed E-state index contributed by atoms with van der Waals surface area (Å²) < 4.78 is 10.9. The molecule has 3 N–H and O–H groups in total. The standard InChI is InChI=1S/C13H23N3O2/c1-9(17-5)8-15-11-7-6-10(14)12(16-11)18-13(2,3)4/h6-7,9H,8,14H2,1-5H3,(H,15,16). The van der Waals surface area contributed by atoms with Gasteiger partial charge in [0.1, 0.15) is 11.4 Å². The van der Waals surface area contributed by atoms with Gasteiger partial charge in [-0.15, -0.1) is 0 Å². The number of aromatic nitrogens is 1. The average molecular weight is 253 g/mol. The highest BCUT2D eigenvalue weighted by atomic mass is 16.5. The molecule has 5 heteroatoms. The fourth-order valence-electron chi connectivity index (χ4n) is 1.25. The highest BCUT2D eigenvalue weighted by Crippen LogP contribution is 2.24. The topological polar surface area (TPSA) is 69.4 Å². The highest BCUT2D eigenvalue weighted by Gasteiger charge is 2.15. The van der Waals surface area contributed by atoms with Gasteiger partial charge in [-0.25, -0.2) is 0 Å². The predicted octanol–water partition coefficient (Wildman–Crippen LogP) is 2.29. The lowest BCUT2D eigenvalue weighted by atomic mass is 10.2. The molecule has 102 valence electrons. The number of ether oxygens (including phenoxy) is 2. The van der Waals surface area contributed by atoms with E-state index in [4.69, 9.17) is 15.2 Å². The van der Waals surface area contributed by atoms with Crippen molar-refractivity contribution < 1.29 is 9.47 Å². The van der Waals surface area contributed by atoms with Crippen LogP contribution in [0, 0.1) is 0 Å². The third kappa shape index (κ3) is 4.79. The monoisotopic (exact) mass is 253 g/mol. The molecule has 1 aromatic heterocycles. The normalized spacial score (nSPS) is 13.2. The second-order valence-corrected chi connectivity index (χ2v) is 5.23. The van der Waals surface area contributed by atoms with Crippen LogP contribution in [0.25, 0.3) is 0 Å². The van der Waals surface area contributed by atoms with Gasteiger partial charge in [-0.3, -0.25) is 0 Å². The maximum atomic E-state index is 5.84. The van der Waals surface area contributed by atoms with Gasteiger partial charge in [0, 0.05) is 13.7 Å². The van der Waals surface area contributed by atoms with E-state index in [2.05, 4.69) is 10.3 Å². The molecule has 1 unspecified atom stereocenters. The maximum absolute atomic E-state index is 5.84. The Morgan fingerprint density at radius 2 is 2.06 bits per heavy atom. The van der Waals surface area contributed by atoms with E-state index in [1.165, 1.54) is 0 Å². The van der Waals surface area contributed by atoms with E-state index in [1.54, 1.807) is 13.2 Å². The summed E-state index contributed by atoms with van der Waals surface area (Å²) in [6.07, 6.45) is 0.122. The zero-order valence-corrected chi connectivity index (χ0v) is 11.8. The molecule has 1 heterocycles. The molecule has 0 fully saturated rings. The molecule has 0 amide bonds. The first kappa shape index (κ1) is 14.6. The van der Waals surface area contributed by atoms with Crippen molar-refractivity contribution in [3.8, 4) is 5.88 Å². The zero-order valence-electron chi connectivity index (χ0n) is 11.8. The van der Waals surface area contributed by atoms with E-state index in [1.807, 2.05) is 33.8 Å². The van der Waals surface area contributed by atoms with Crippen LogP contribution in [0.15, 0.2) is 12.1 Å². The van der Waals surface area contributed by atoms with Gasteiger partial charge >= 0.3 is 0 Å². The SMILES string of the molecule is COC(C)CNc1ccc(N)c(OC(C)(C)C)n1. The Morgan fingerprint density at radius 1 is 1.39 bits per heavy atom. The number of anilines is 2. The van der Waals surface area contributed by atoms with Crippen molar-refractivity contribution in [2.45, 2.75) is 39.4 Å². The molecular weight excluding hydrogens is 230 g/mol. The van der Waals surface area contributed by atoms with Crippen LogP contribution in [0.4, 0.5) is 11.5 Å². The van der Waals surface area contributed by atoms with Crippen LogP contribution in [-0.2, 0) is 4.74 Å². The quantitative estimate of drug-likeness (QED) is 0.842. The lowest BCUT2D eigenvalue weighted by molar-refractivity contribution is 0.124. The van der Waals surface area contributed by atoms with E-state index in [9.17, 15) is 0 Å². The first-order valence-electron chi connectivity index (χ1n) is 6.04. The molecule has 1 atom stereocenters. The van der Waals surface area contributed by atoms with Crippen LogP contribution >= 0.6 is 0 Å². The van der Waals surface area contributed by atoms with Gasteiger partial charge in [0.05, 0.1) is 11.8 Å². The van der Waals surface area contributed by atoms with Gasteiger partial charge in [0.15, 0.2) is 0 Å². The number of hydrogen-bond donors (Lipinski definition) is 2. The lowest BCUT2D eigenvalue weighted by Gasteiger charge is -2.22. The molecule has 0 aromatic carbocycles. The summed E-state index contributed by atoms with van der Waals surface area (Å²) in [7, 11) is 1.68. The van der Waals surface area contributed by atoms with Crippen LogP contribution in [0.1, 0.15) is 27.7 Å². The number of nitrogens with one attached hydrogen (secondary N) is 1. The van der Waals surface area contributed by atoms with Crippen molar-refractivity contribution in [3.63, 3.8) is 0 Å². The first-order chi connectivity index (χ1) is 8.31. The minimum absolute atomic E-state index is 0.122. The van der Waals surface area contributed by atoms with Gasteiger partial charge in [-0.1, -0.05) is 0 Å². The van der Waals surface area contributed by atoms with E-state index in [0.717, 1.165) is 5.82 Å². The number of nitrogens with zero attached hydrogens (tertiary/aromatic N) is 1. The Hall–Kier alpha value is -1.49. The summed E-state index contributed by atoms with van der Waals surface area (Å²) in [6, 6.07) is 3.61. The number of rotatable bonds is 5. The number of hydrogen-bond acceptors (Lipinski definition) is 5. The second-order valence-electron chi connectivity index (χ2n) is 5.23. The molecular formula is C13H23N3O2. The van der Waals surface area contributed by atoms with Crippen molar-refractivity contribution in [2.75, 3.05) is 24.7 Å². The van der Waals surface area contributed by atoms with Gasteiger partial charge in [0.2, 0.25) is 5.88 Å². The minimum atomic E-state index is -0.320. The molecule has 0 radical (unpaired) electrons.